The maximum atomic E-state index is 12.4. The maximum absolute atomic E-state index is 12.4. The second kappa shape index (κ2) is 5.92. The minimum Gasteiger partial charge on any atom is -0.456 e. The van der Waals surface area contributed by atoms with Crippen molar-refractivity contribution in [3.05, 3.63) is 71.3 Å². The topological polar surface area (TPSA) is 43.4 Å². The number of ether oxygens (including phenoxy) is 1. The standard InChI is InChI=1S/C18H18O3/c1-18(2,3)21-17(20)15-11-7-10-14(12-15)16(19)13-8-5-4-6-9-13/h4-12H,1-3H3. The zero-order valence-corrected chi connectivity index (χ0v) is 12.4. The monoisotopic (exact) mass is 282 g/mol. The van der Waals surface area contributed by atoms with Crippen molar-refractivity contribution in [1.82, 2.24) is 0 Å². The average Bonchev–Trinajstić information content (AvgIpc) is 2.46. The van der Waals surface area contributed by atoms with Crippen LogP contribution in [0, 0.1) is 0 Å². The van der Waals surface area contributed by atoms with E-state index in [1.807, 2.05) is 39.0 Å². The Labute approximate surface area is 124 Å². The van der Waals surface area contributed by atoms with Crippen molar-refractivity contribution >= 4 is 11.8 Å². The molecule has 0 aliphatic heterocycles. The first-order valence-electron chi connectivity index (χ1n) is 6.80. The highest BCUT2D eigenvalue weighted by molar-refractivity contribution is 6.09. The van der Waals surface area contributed by atoms with Crippen LogP contribution in [0.25, 0.3) is 0 Å². The van der Waals surface area contributed by atoms with E-state index in [0.29, 0.717) is 16.7 Å². The Morgan fingerprint density at radius 3 is 2.00 bits per heavy atom. The number of rotatable bonds is 3. The average molecular weight is 282 g/mol. The highest BCUT2D eigenvalue weighted by Gasteiger charge is 2.19. The van der Waals surface area contributed by atoms with Gasteiger partial charge in [0.1, 0.15) is 5.60 Å². The fourth-order valence-electron chi connectivity index (χ4n) is 1.88. The number of hydrogen-bond acceptors (Lipinski definition) is 3. The highest BCUT2D eigenvalue weighted by Crippen LogP contribution is 2.15. The fourth-order valence-corrected chi connectivity index (χ4v) is 1.88. The Hall–Kier alpha value is -2.42. The molecule has 2 aromatic rings. The summed E-state index contributed by atoms with van der Waals surface area (Å²) in [4.78, 5) is 24.4. The molecule has 0 saturated heterocycles. The van der Waals surface area contributed by atoms with Crippen LogP contribution in [0.1, 0.15) is 47.1 Å². The van der Waals surface area contributed by atoms with Gasteiger partial charge in [-0.3, -0.25) is 4.79 Å². The van der Waals surface area contributed by atoms with Gasteiger partial charge in [0.05, 0.1) is 5.56 Å². The van der Waals surface area contributed by atoms with Gasteiger partial charge < -0.3 is 4.74 Å². The fraction of sp³-hybridized carbons (Fsp3) is 0.222. The number of carbonyl (C=O) groups excluding carboxylic acids is 2. The molecule has 21 heavy (non-hydrogen) atoms. The molecule has 0 atom stereocenters. The first-order chi connectivity index (χ1) is 9.87. The Morgan fingerprint density at radius 1 is 0.810 bits per heavy atom. The zero-order valence-electron chi connectivity index (χ0n) is 12.4. The second-order valence-corrected chi connectivity index (χ2v) is 5.78. The van der Waals surface area contributed by atoms with Crippen molar-refractivity contribution in [2.75, 3.05) is 0 Å². The molecular formula is C18H18O3. The molecule has 0 saturated carbocycles. The summed E-state index contributed by atoms with van der Waals surface area (Å²) in [5.74, 6) is -0.536. The summed E-state index contributed by atoms with van der Waals surface area (Å²) < 4.78 is 5.31. The van der Waals surface area contributed by atoms with E-state index in [1.54, 1.807) is 36.4 Å². The summed E-state index contributed by atoms with van der Waals surface area (Å²) in [6.45, 7) is 5.43. The maximum Gasteiger partial charge on any atom is 0.338 e. The first-order valence-corrected chi connectivity index (χ1v) is 6.80. The van der Waals surface area contributed by atoms with Crippen molar-refractivity contribution < 1.29 is 14.3 Å². The van der Waals surface area contributed by atoms with E-state index in [9.17, 15) is 9.59 Å². The molecule has 0 aliphatic rings. The van der Waals surface area contributed by atoms with Gasteiger partial charge in [0.15, 0.2) is 5.78 Å². The summed E-state index contributed by atoms with van der Waals surface area (Å²) in [5.41, 5.74) is 0.895. The van der Waals surface area contributed by atoms with Crippen molar-refractivity contribution in [1.29, 1.82) is 0 Å². The number of benzene rings is 2. The quantitative estimate of drug-likeness (QED) is 0.634. The van der Waals surface area contributed by atoms with Crippen LogP contribution >= 0.6 is 0 Å². The normalized spacial score (nSPS) is 11.0. The predicted molar refractivity (Wildman–Crippen MR) is 81.5 cm³/mol. The third kappa shape index (κ3) is 4.02. The van der Waals surface area contributed by atoms with Crippen LogP contribution < -0.4 is 0 Å². The highest BCUT2D eigenvalue weighted by atomic mass is 16.6. The SMILES string of the molecule is CC(C)(C)OC(=O)c1cccc(C(=O)c2ccccc2)c1. The lowest BCUT2D eigenvalue weighted by Gasteiger charge is -2.19. The molecule has 3 heteroatoms. The number of esters is 1. The molecule has 0 aromatic heterocycles. The van der Waals surface area contributed by atoms with Crippen LogP contribution in [0.5, 0.6) is 0 Å². The lowest BCUT2D eigenvalue weighted by molar-refractivity contribution is 0.00695. The van der Waals surface area contributed by atoms with Crippen LogP contribution in [-0.4, -0.2) is 17.4 Å². The van der Waals surface area contributed by atoms with Crippen LogP contribution in [-0.2, 0) is 4.74 Å². The van der Waals surface area contributed by atoms with Gasteiger partial charge in [-0.2, -0.15) is 0 Å². The summed E-state index contributed by atoms with van der Waals surface area (Å²) in [7, 11) is 0. The van der Waals surface area contributed by atoms with Gasteiger partial charge in [0.25, 0.3) is 0 Å². The smallest absolute Gasteiger partial charge is 0.338 e. The zero-order chi connectivity index (χ0) is 15.5. The Balaban J connectivity index is 2.26. The summed E-state index contributed by atoms with van der Waals surface area (Å²) in [5, 5.41) is 0. The Morgan fingerprint density at radius 2 is 1.38 bits per heavy atom. The van der Waals surface area contributed by atoms with Crippen LogP contribution in [0.4, 0.5) is 0 Å². The molecule has 0 unspecified atom stereocenters. The minimum absolute atomic E-state index is 0.110. The van der Waals surface area contributed by atoms with Gasteiger partial charge in [0, 0.05) is 11.1 Å². The molecule has 0 amide bonds. The van der Waals surface area contributed by atoms with E-state index in [0.717, 1.165) is 0 Å². The first kappa shape index (κ1) is 15.0. The second-order valence-electron chi connectivity index (χ2n) is 5.78. The van der Waals surface area contributed by atoms with Crippen LogP contribution in [0.2, 0.25) is 0 Å². The van der Waals surface area contributed by atoms with E-state index >= 15 is 0 Å². The van der Waals surface area contributed by atoms with Gasteiger partial charge in [-0.15, -0.1) is 0 Å². The van der Waals surface area contributed by atoms with Gasteiger partial charge in [-0.05, 0) is 32.9 Å². The molecule has 0 N–H and O–H groups in total. The molecule has 0 spiro atoms. The van der Waals surface area contributed by atoms with Crippen molar-refractivity contribution in [3.63, 3.8) is 0 Å². The molecule has 0 radical (unpaired) electrons. The van der Waals surface area contributed by atoms with Crippen molar-refractivity contribution in [2.45, 2.75) is 26.4 Å². The Bertz CT molecular complexity index is 652. The molecule has 108 valence electrons. The van der Waals surface area contributed by atoms with E-state index in [2.05, 4.69) is 0 Å². The van der Waals surface area contributed by atoms with E-state index in [-0.39, 0.29) is 5.78 Å². The molecular weight excluding hydrogens is 264 g/mol. The Kier molecular flexibility index (Phi) is 4.22. The summed E-state index contributed by atoms with van der Waals surface area (Å²) in [6, 6.07) is 15.6. The van der Waals surface area contributed by atoms with E-state index in [1.165, 1.54) is 0 Å². The molecule has 0 fully saturated rings. The van der Waals surface area contributed by atoms with E-state index in [4.69, 9.17) is 4.74 Å². The molecule has 3 nitrogen and oxygen atoms in total. The molecule has 2 rings (SSSR count). The number of carbonyl (C=O) groups is 2. The van der Waals surface area contributed by atoms with Crippen LogP contribution in [0.15, 0.2) is 54.6 Å². The largest absolute Gasteiger partial charge is 0.456 e. The lowest BCUT2D eigenvalue weighted by Crippen LogP contribution is -2.24. The summed E-state index contributed by atoms with van der Waals surface area (Å²) >= 11 is 0. The van der Waals surface area contributed by atoms with Gasteiger partial charge in [-0.25, -0.2) is 4.79 Å². The molecule has 0 aliphatic carbocycles. The predicted octanol–water partition coefficient (Wildman–Crippen LogP) is 3.87. The minimum atomic E-state index is -0.559. The van der Waals surface area contributed by atoms with Crippen LogP contribution in [0.3, 0.4) is 0 Å². The third-order valence-electron chi connectivity index (χ3n) is 2.80. The van der Waals surface area contributed by atoms with Gasteiger partial charge >= 0.3 is 5.97 Å². The molecule has 2 aromatic carbocycles. The molecule has 0 heterocycles. The van der Waals surface area contributed by atoms with E-state index < -0.39 is 11.6 Å². The number of hydrogen-bond donors (Lipinski definition) is 0. The van der Waals surface area contributed by atoms with Gasteiger partial charge in [-0.1, -0.05) is 42.5 Å². The third-order valence-corrected chi connectivity index (χ3v) is 2.80. The van der Waals surface area contributed by atoms with Crippen molar-refractivity contribution in [2.24, 2.45) is 0 Å². The summed E-state index contributed by atoms with van der Waals surface area (Å²) in [6.07, 6.45) is 0. The molecule has 0 bridgehead atoms. The van der Waals surface area contributed by atoms with Crippen molar-refractivity contribution in [3.8, 4) is 0 Å². The van der Waals surface area contributed by atoms with Gasteiger partial charge in [0.2, 0.25) is 0 Å². The lowest BCUT2D eigenvalue weighted by atomic mass is 10.0. The number of ketones is 1.